The molecule has 0 saturated carbocycles. The summed E-state index contributed by atoms with van der Waals surface area (Å²) in [7, 11) is 1.83. The second-order valence-corrected chi connectivity index (χ2v) is 4.02. The van der Waals surface area contributed by atoms with Gasteiger partial charge in [-0.15, -0.1) is 10.2 Å². The summed E-state index contributed by atoms with van der Waals surface area (Å²) in [6.45, 7) is 2.00. The normalized spacial score (nSPS) is 10.6. The Morgan fingerprint density at radius 1 is 1.41 bits per heavy atom. The highest BCUT2D eigenvalue weighted by Crippen LogP contribution is 2.21. The molecule has 90 valence electrons. The van der Waals surface area contributed by atoms with E-state index >= 15 is 0 Å². The van der Waals surface area contributed by atoms with Crippen LogP contribution in [0.25, 0.3) is 0 Å². The van der Waals surface area contributed by atoms with Gasteiger partial charge in [0.15, 0.2) is 17.4 Å². The molecule has 17 heavy (non-hydrogen) atoms. The molecular weight excluding hydrogens is 245 g/mol. The van der Waals surface area contributed by atoms with Crippen molar-refractivity contribution < 1.29 is 9.13 Å². The van der Waals surface area contributed by atoms with Crippen molar-refractivity contribution in [3.8, 4) is 5.75 Å². The van der Waals surface area contributed by atoms with Crippen LogP contribution in [0.2, 0.25) is 5.02 Å². The van der Waals surface area contributed by atoms with Gasteiger partial charge in [0.25, 0.3) is 0 Å². The van der Waals surface area contributed by atoms with Crippen molar-refractivity contribution in [1.82, 2.24) is 14.8 Å². The third-order valence-corrected chi connectivity index (χ3v) is 2.67. The van der Waals surface area contributed by atoms with Crippen molar-refractivity contribution in [1.29, 1.82) is 0 Å². The summed E-state index contributed by atoms with van der Waals surface area (Å²) in [6.07, 6.45) is 0. The number of aryl methyl sites for hydroxylation is 1. The molecular formula is C11H11ClFN3O. The Hall–Kier alpha value is -1.62. The number of nitrogens with zero attached hydrogens (tertiary/aromatic N) is 3. The van der Waals surface area contributed by atoms with Crippen LogP contribution in [0.1, 0.15) is 11.6 Å². The van der Waals surface area contributed by atoms with Gasteiger partial charge in [0, 0.05) is 12.1 Å². The van der Waals surface area contributed by atoms with Crippen molar-refractivity contribution in [2.24, 2.45) is 7.05 Å². The highest BCUT2D eigenvalue weighted by atomic mass is 35.5. The van der Waals surface area contributed by atoms with E-state index in [1.807, 2.05) is 14.0 Å². The molecule has 0 bridgehead atoms. The Bertz CT molecular complexity index is 542. The molecule has 0 spiro atoms. The molecule has 6 heteroatoms. The highest BCUT2D eigenvalue weighted by Gasteiger charge is 2.08. The summed E-state index contributed by atoms with van der Waals surface area (Å²) in [5.41, 5.74) is 0. The zero-order valence-corrected chi connectivity index (χ0v) is 10.2. The first-order valence-corrected chi connectivity index (χ1v) is 5.38. The summed E-state index contributed by atoms with van der Waals surface area (Å²) in [6, 6.07) is 4.27. The van der Waals surface area contributed by atoms with Gasteiger partial charge in [0.05, 0.1) is 0 Å². The van der Waals surface area contributed by atoms with Crippen LogP contribution >= 0.6 is 11.6 Å². The summed E-state index contributed by atoms with van der Waals surface area (Å²) in [4.78, 5) is 0. The fourth-order valence-corrected chi connectivity index (χ4v) is 1.47. The molecule has 1 aromatic carbocycles. The van der Waals surface area contributed by atoms with Crippen LogP contribution in [-0.2, 0) is 13.7 Å². The van der Waals surface area contributed by atoms with E-state index in [1.165, 1.54) is 12.1 Å². The molecule has 0 aliphatic rings. The Balaban J connectivity index is 2.10. The number of halogens is 2. The molecule has 0 unspecified atom stereocenters. The largest absolute Gasteiger partial charge is 0.483 e. The van der Waals surface area contributed by atoms with E-state index in [0.29, 0.717) is 10.8 Å². The molecule has 0 amide bonds. The summed E-state index contributed by atoms with van der Waals surface area (Å²) >= 11 is 5.64. The first-order valence-electron chi connectivity index (χ1n) is 5.00. The molecule has 0 radical (unpaired) electrons. The predicted molar refractivity (Wildman–Crippen MR) is 61.5 cm³/mol. The average Bonchev–Trinajstić information content (AvgIpc) is 2.59. The van der Waals surface area contributed by atoms with Crippen molar-refractivity contribution in [2.45, 2.75) is 13.5 Å². The lowest BCUT2D eigenvalue weighted by Gasteiger charge is -2.07. The van der Waals surface area contributed by atoms with Crippen LogP contribution < -0.4 is 4.74 Å². The van der Waals surface area contributed by atoms with Crippen LogP contribution in [-0.4, -0.2) is 14.8 Å². The third-order valence-electron chi connectivity index (χ3n) is 2.43. The van der Waals surface area contributed by atoms with Gasteiger partial charge < -0.3 is 9.30 Å². The van der Waals surface area contributed by atoms with Gasteiger partial charge in [-0.2, -0.15) is 0 Å². The number of hydrogen-bond acceptors (Lipinski definition) is 3. The minimum Gasteiger partial charge on any atom is -0.483 e. The number of rotatable bonds is 3. The topological polar surface area (TPSA) is 39.9 Å². The fraction of sp³-hybridized carbons (Fsp3) is 0.273. The molecule has 1 heterocycles. The van der Waals surface area contributed by atoms with E-state index in [0.717, 1.165) is 5.82 Å². The van der Waals surface area contributed by atoms with Gasteiger partial charge in [0.1, 0.15) is 12.4 Å². The van der Waals surface area contributed by atoms with Crippen LogP contribution in [0.15, 0.2) is 18.2 Å². The lowest BCUT2D eigenvalue weighted by molar-refractivity contribution is 0.277. The first-order chi connectivity index (χ1) is 8.08. The van der Waals surface area contributed by atoms with Crippen molar-refractivity contribution in [3.63, 3.8) is 0 Å². The minimum absolute atomic E-state index is 0.148. The van der Waals surface area contributed by atoms with Gasteiger partial charge in [0.2, 0.25) is 0 Å². The fourth-order valence-electron chi connectivity index (χ4n) is 1.31. The Kier molecular flexibility index (Phi) is 3.28. The Morgan fingerprint density at radius 2 is 2.18 bits per heavy atom. The molecule has 1 aromatic heterocycles. The second-order valence-electron chi connectivity index (χ2n) is 3.59. The van der Waals surface area contributed by atoms with Gasteiger partial charge >= 0.3 is 0 Å². The van der Waals surface area contributed by atoms with E-state index in [2.05, 4.69) is 10.2 Å². The third kappa shape index (κ3) is 2.55. The second kappa shape index (κ2) is 4.71. The number of benzene rings is 1. The lowest BCUT2D eigenvalue weighted by Crippen LogP contribution is -2.05. The van der Waals surface area contributed by atoms with Crippen LogP contribution in [0.3, 0.4) is 0 Å². The van der Waals surface area contributed by atoms with Gasteiger partial charge in [-0.1, -0.05) is 11.6 Å². The monoisotopic (exact) mass is 255 g/mol. The van der Waals surface area contributed by atoms with Crippen LogP contribution in [0, 0.1) is 12.7 Å². The molecule has 0 atom stereocenters. The Labute approximate surface area is 103 Å². The number of aromatic nitrogens is 3. The lowest BCUT2D eigenvalue weighted by atomic mass is 10.3. The first kappa shape index (κ1) is 11.9. The summed E-state index contributed by atoms with van der Waals surface area (Å²) in [5, 5.41) is 8.14. The standard InChI is InChI=1S/C11H11ClFN3O/c1-7-14-15-11(16(7)2)6-17-10-4-3-8(12)5-9(10)13/h3-5H,6H2,1-2H3. The predicted octanol–water partition coefficient (Wildman–Crippen LogP) is 2.50. The molecule has 0 saturated heterocycles. The quantitative estimate of drug-likeness (QED) is 0.846. The van der Waals surface area contributed by atoms with E-state index < -0.39 is 5.82 Å². The Morgan fingerprint density at radius 3 is 2.76 bits per heavy atom. The molecule has 4 nitrogen and oxygen atoms in total. The molecule has 0 fully saturated rings. The maximum atomic E-state index is 13.4. The molecule has 0 aliphatic carbocycles. The molecule has 0 N–H and O–H groups in total. The SMILES string of the molecule is Cc1nnc(COc2ccc(Cl)cc2F)n1C. The van der Waals surface area contributed by atoms with Gasteiger partial charge in [-0.25, -0.2) is 4.39 Å². The van der Waals surface area contributed by atoms with E-state index in [-0.39, 0.29) is 12.4 Å². The van der Waals surface area contributed by atoms with Crippen LogP contribution in [0.4, 0.5) is 4.39 Å². The van der Waals surface area contributed by atoms with Crippen molar-refractivity contribution in [2.75, 3.05) is 0 Å². The van der Waals surface area contributed by atoms with Gasteiger partial charge in [-0.3, -0.25) is 0 Å². The highest BCUT2D eigenvalue weighted by molar-refractivity contribution is 6.30. The summed E-state index contributed by atoms with van der Waals surface area (Å²) < 4.78 is 20.5. The number of hydrogen-bond donors (Lipinski definition) is 0. The van der Waals surface area contributed by atoms with Crippen LogP contribution in [0.5, 0.6) is 5.75 Å². The van der Waals surface area contributed by atoms with E-state index in [9.17, 15) is 4.39 Å². The van der Waals surface area contributed by atoms with Crippen molar-refractivity contribution >= 4 is 11.6 Å². The zero-order valence-electron chi connectivity index (χ0n) is 9.44. The molecule has 2 aromatic rings. The molecule has 0 aliphatic heterocycles. The van der Waals surface area contributed by atoms with Gasteiger partial charge in [-0.05, 0) is 25.1 Å². The van der Waals surface area contributed by atoms with E-state index in [4.69, 9.17) is 16.3 Å². The smallest absolute Gasteiger partial charge is 0.170 e. The zero-order chi connectivity index (χ0) is 12.4. The maximum absolute atomic E-state index is 13.4. The van der Waals surface area contributed by atoms with E-state index in [1.54, 1.807) is 10.6 Å². The minimum atomic E-state index is -0.489. The summed E-state index contributed by atoms with van der Waals surface area (Å²) in [5.74, 6) is 1.07. The average molecular weight is 256 g/mol. The van der Waals surface area contributed by atoms with Crippen molar-refractivity contribution in [3.05, 3.63) is 40.7 Å². The molecule has 2 rings (SSSR count). The maximum Gasteiger partial charge on any atom is 0.170 e. The number of ether oxygens (including phenoxy) is 1.